The summed E-state index contributed by atoms with van der Waals surface area (Å²) >= 11 is 0. The molecular weight excluding hydrogens is 275 g/mol. The molecule has 0 heterocycles. The zero-order valence-electron chi connectivity index (χ0n) is 16.7. The minimum Gasteiger partial charge on any atom is -0.0891 e. The van der Waals surface area contributed by atoms with Crippen molar-refractivity contribution >= 4 is 7.28 Å². The number of rotatable bonds is 11. The van der Waals surface area contributed by atoms with Crippen molar-refractivity contribution < 1.29 is 0 Å². The molecule has 0 radical (unpaired) electrons. The first kappa shape index (κ1) is 19.4. The van der Waals surface area contributed by atoms with Crippen LogP contribution in [-0.4, -0.2) is 7.28 Å². The maximum atomic E-state index is 2.48. The minimum atomic E-state index is 0.930. The molecule has 134 valence electrons. The van der Waals surface area contributed by atoms with Crippen LogP contribution in [0, 0.1) is 29.6 Å². The molecular formula is C22H43B. The van der Waals surface area contributed by atoms with Crippen LogP contribution < -0.4 is 0 Å². The van der Waals surface area contributed by atoms with Gasteiger partial charge < -0.3 is 0 Å². The lowest BCUT2D eigenvalue weighted by molar-refractivity contribution is 0.125. The van der Waals surface area contributed by atoms with Crippen molar-refractivity contribution in [1.29, 1.82) is 0 Å². The van der Waals surface area contributed by atoms with Gasteiger partial charge in [0.25, 0.3) is 0 Å². The molecule has 2 rings (SSSR count). The average molecular weight is 318 g/mol. The quantitative estimate of drug-likeness (QED) is 0.356. The largest absolute Gasteiger partial charge is 0.120 e. The second-order valence-corrected chi connectivity index (χ2v) is 9.45. The highest BCUT2D eigenvalue weighted by molar-refractivity contribution is 6.35. The second kappa shape index (κ2) is 10.1. The van der Waals surface area contributed by atoms with Crippen LogP contribution in [0.1, 0.15) is 97.8 Å². The van der Waals surface area contributed by atoms with Gasteiger partial charge in [0.05, 0.1) is 0 Å². The van der Waals surface area contributed by atoms with Crippen LogP contribution in [-0.2, 0) is 0 Å². The van der Waals surface area contributed by atoms with Crippen LogP contribution in [0.4, 0.5) is 0 Å². The molecule has 23 heavy (non-hydrogen) atoms. The monoisotopic (exact) mass is 318 g/mol. The molecule has 2 saturated carbocycles. The standard InChI is InChI=1S/C22H43B/c1-5-7-19-10-11-20(15-19)16-22-13-12-21(22)9-6-8-17(2)14-18(3)23-4/h17-23H,5-16H2,1-4H3/t17-,18?,19-,20+,21+,22?/m0/s1. The van der Waals surface area contributed by atoms with E-state index in [1.807, 2.05) is 0 Å². The zero-order valence-corrected chi connectivity index (χ0v) is 16.7. The molecule has 0 amide bonds. The summed E-state index contributed by atoms with van der Waals surface area (Å²) in [4.78, 5) is 0. The summed E-state index contributed by atoms with van der Waals surface area (Å²) in [5.74, 6) is 6.29. The Morgan fingerprint density at radius 3 is 2.35 bits per heavy atom. The van der Waals surface area contributed by atoms with E-state index < -0.39 is 0 Å². The Hall–Kier alpha value is 0.0649. The van der Waals surface area contributed by atoms with Crippen LogP contribution in [0.15, 0.2) is 0 Å². The molecule has 2 fully saturated rings. The molecule has 0 nitrogen and oxygen atoms in total. The first-order valence-electron chi connectivity index (χ1n) is 11.1. The van der Waals surface area contributed by atoms with Crippen molar-refractivity contribution in [3.8, 4) is 0 Å². The maximum Gasteiger partial charge on any atom is 0.120 e. The van der Waals surface area contributed by atoms with Crippen molar-refractivity contribution in [2.75, 3.05) is 0 Å². The minimum absolute atomic E-state index is 0.930. The summed E-state index contributed by atoms with van der Waals surface area (Å²) in [5.41, 5.74) is 0. The van der Waals surface area contributed by atoms with E-state index in [0.29, 0.717) is 0 Å². The maximum absolute atomic E-state index is 2.48. The summed E-state index contributed by atoms with van der Waals surface area (Å²) in [6, 6.07) is 0. The van der Waals surface area contributed by atoms with Crippen LogP contribution in [0.2, 0.25) is 12.6 Å². The van der Waals surface area contributed by atoms with Crippen molar-refractivity contribution in [3.63, 3.8) is 0 Å². The molecule has 0 saturated heterocycles. The van der Waals surface area contributed by atoms with Gasteiger partial charge in [0, 0.05) is 0 Å². The summed E-state index contributed by atoms with van der Waals surface area (Å²) in [6.07, 6.45) is 18.2. The van der Waals surface area contributed by atoms with Gasteiger partial charge in [-0.3, -0.25) is 0 Å². The highest BCUT2D eigenvalue weighted by Gasteiger charge is 2.34. The summed E-state index contributed by atoms with van der Waals surface area (Å²) in [5, 5.41) is 0. The normalized spacial score (nSPS) is 33.2. The molecule has 0 bridgehead atoms. The van der Waals surface area contributed by atoms with Gasteiger partial charge in [0.15, 0.2) is 0 Å². The van der Waals surface area contributed by atoms with Gasteiger partial charge in [-0.25, -0.2) is 0 Å². The summed E-state index contributed by atoms with van der Waals surface area (Å²) < 4.78 is 0. The van der Waals surface area contributed by atoms with E-state index in [2.05, 4.69) is 27.6 Å². The van der Waals surface area contributed by atoms with Crippen LogP contribution >= 0.6 is 0 Å². The van der Waals surface area contributed by atoms with Gasteiger partial charge in [-0.1, -0.05) is 84.8 Å². The molecule has 0 aromatic rings. The van der Waals surface area contributed by atoms with E-state index in [1.165, 1.54) is 39.4 Å². The number of hydrogen-bond donors (Lipinski definition) is 0. The Kier molecular flexibility index (Phi) is 8.55. The lowest BCUT2D eigenvalue weighted by Crippen LogP contribution is -2.27. The first-order chi connectivity index (χ1) is 11.1. The summed E-state index contributed by atoms with van der Waals surface area (Å²) in [6.45, 7) is 9.60. The van der Waals surface area contributed by atoms with E-state index in [9.17, 15) is 0 Å². The molecule has 0 aromatic heterocycles. The predicted octanol–water partition coefficient (Wildman–Crippen LogP) is 7.11. The molecule has 6 atom stereocenters. The molecule has 0 aromatic carbocycles. The van der Waals surface area contributed by atoms with E-state index in [1.54, 1.807) is 44.9 Å². The Labute approximate surface area is 147 Å². The molecule has 0 N–H and O–H groups in total. The van der Waals surface area contributed by atoms with Gasteiger partial charge in [-0.05, 0) is 55.3 Å². The van der Waals surface area contributed by atoms with Gasteiger partial charge in [0.1, 0.15) is 7.28 Å². The molecule has 2 aliphatic carbocycles. The smallest absolute Gasteiger partial charge is 0.0891 e. The molecule has 0 spiro atoms. The third kappa shape index (κ3) is 6.47. The van der Waals surface area contributed by atoms with Crippen LogP contribution in [0.25, 0.3) is 0 Å². The lowest BCUT2D eigenvalue weighted by Gasteiger charge is -2.39. The fourth-order valence-electron chi connectivity index (χ4n) is 5.52. The Bertz CT molecular complexity index is 313. The Balaban J connectivity index is 1.57. The molecule has 2 aliphatic rings. The third-order valence-corrected chi connectivity index (χ3v) is 7.33. The van der Waals surface area contributed by atoms with Gasteiger partial charge >= 0.3 is 0 Å². The number of hydrogen-bond acceptors (Lipinski definition) is 0. The second-order valence-electron chi connectivity index (χ2n) is 9.45. The Morgan fingerprint density at radius 1 is 0.957 bits per heavy atom. The third-order valence-electron chi connectivity index (χ3n) is 7.33. The van der Waals surface area contributed by atoms with E-state index in [-0.39, 0.29) is 0 Å². The van der Waals surface area contributed by atoms with Crippen molar-refractivity contribution in [2.45, 2.75) is 110 Å². The van der Waals surface area contributed by atoms with Crippen molar-refractivity contribution in [3.05, 3.63) is 0 Å². The summed E-state index contributed by atoms with van der Waals surface area (Å²) in [7, 11) is 1.36. The Morgan fingerprint density at radius 2 is 1.70 bits per heavy atom. The lowest BCUT2D eigenvalue weighted by atomic mass is 9.64. The van der Waals surface area contributed by atoms with Gasteiger partial charge in [-0.2, -0.15) is 0 Å². The van der Waals surface area contributed by atoms with Crippen molar-refractivity contribution in [2.24, 2.45) is 29.6 Å². The average Bonchev–Trinajstić information content (AvgIpc) is 2.95. The van der Waals surface area contributed by atoms with E-state index >= 15 is 0 Å². The zero-order chi connectivity index (χ0) is 16.7. The molecule has 1 heteroatoms. The van der Waals surface area contributed by atoms with E-state index in [4.69, 9.17) is 0 Å². The van der Waals surface area contributed by atoms with Crippen LogP contribution in [0.5, 0.6) is 0 Å². The van der Waals surface area contributed by atoms with E-state index in [0.717, 1.165) is 35.4 Å². The predicted molar refractivity (Wildman–Crippen MR) is 107 cm³/mol. The highest BCUT2D eigenvalue weighted by Crippen LogP contribution is 2.46. The first-order valence-corrected chi connectivity index (χ1v) is 11.1. The highest BCUT2D eigenvalue weighted by atomic mass is 14.4. The van der Waals surface area contributed by atoms with Crippen LogP contribution in [0.3, 0.4) is 0 Å². The fourth-order valence-corrected chi connectivity index (χ4v) is 5.52. The topological polar surface area (TPSA) is 0 Å². The SMILES string of the molecule is CBC(C)C[C@@H](C)CCC[C@@H]1CCC1C[C@@H]1CC[C@H](CCC)C1. The molecule has 0 aliphatic heterocycles. The fraction of sp³-hybridized carbons (Fsp3) is 1.00. The van der Waals surface area contributed by atoms with Gasteiger partial charge in [0.2, 0.25) is 0 Å². The molecule has 2 unspecified atom stereocenters. The van der Waals surface area contributed by atoms with Crippen molar-refractivity contribution in [1.82, 2.24) is 0 Å². The van der Waals surface area contributed by atoms with Gasteiger partial charge in [-0.15, -0.1) is 0 Å².